The van der Waals surface area contributed by atoms with Crippen molar-refractivity contribution in [2.45, 2.75) is 12.8 Å². The lowest BCUT2D eigenvalue weighted by molar-refractivity contribution is 0.0944. The summed E-state index contributed by atoms with van der Waals surface area (Å²) in [5, 5.41) is 7.00. The van der Waals surface area contributed by atoms with E-state index in [-0.39, 0.29) is 5.91 Å². The van der Waals surface area contributed by atoms with Crippen LogP contribution in [0.1, 0.15) is 23.3 Å². The van der Waals surface area contributed by atoms with Crippen LogP contribution < -0.4 is 15.4 Å². The fourth-order valence-electron chi connectivity index (χ4n) is 4.99. The summed E-state index contributed by atoms with van der Waals surface area (Å²) in [6.07, 6.45) is 7.56. The number of pyridine rings is 2. The number of carbonyl (C=O) groups is 1. The number of amides is 1. The predicted molar refractivity (Wildman–Crippen MR) is 161 cm³/mol. The summed E-state index contributed by atoms with van der Waals surface area (Å²) in [5.41, 5.74) is 4.70. The second-order valence-electron chi connectivity index (χ2n) is 9.99. The molecule has 1 aliphatic heterocycles. The first kappa shape index (κ1) is 26.7. The Labute approximate surface area is 243 Å². The molecule has 41 heavy (non-hydrogen) atoms. The van der Waals surface area contributed by atoms with E-state index in [1.807, 2.05) is 60.1 Å². The Morgan fingerprint density at radius 1 is 1.02 bits per heavy atom. The molecular formula is C31H30ClN7O2. The van der Waals surface area contributed by atoms with Gasteiger partial charge in [0.2, 0.25) is 5.95 Å². The highest BCUT2D eigenvalue weighted by atomic mass is 35.5. The number of hydrogen-bond donors (Lipinski definition) is 2. The van der Waals surface area contributed by atoms with Crippen molar-refractivity contribution in [3.63, 3.8) is 0 Å². The number of carbonyl (C=O) groups excluding carboxylic acids is 1. The minimum absolute atomic E-state index is 0.209. The van der Waals surface area contributed by atoms with E-state index in [1.54, 1.807) is 30.7 Å². The van der Waals surface area contributed by atoms with E-state index in [0.29, 0.717) is 34.7 Å². The molecule has 0 spiro atoms. The lowest BCUT2D eigenvalue weighted by atomic mass is 10.1. The molecule has 1 aliphatic rings. The number of hydrogen-bond acceptors (Lipinski definition) is 7. The quantitative estimate of drug-likeness (QED) is 0.224. The molecule has 0 bridgehead atoms. The predicted octanol–water partition coefficient (Wildman–Crippen LogP) is 6.05. The third-order valence-corrected chi connectivity index (χ3v) is 7.49. The first-order valence-corrected chi connectivity index (χ1v) is 14.0. The number of ether oxygens (including phenoxy) is 1. The van der Waals surface area contributed by atoms with E-state index in [4.69, 9.17) is 21.3 Å². The third kappa shape index (κ3) is 6.16. The van der Waals surface area contributed by atoms with Crippen LogP contribution in [-0.2, 0) is 7.05 Å². The second-order valence-corrected chi connectivity index (χ2v) is 10.4. The summed E-state index contributed by atoms with van der Waals surface area (Å²) in [7, 11) is 1.95. The van der Waals surface area contributed by atoms with Gasteiger partial charge in [-0.3, -0.25) is 14.8 Å². The van der Waals surface area contributed by atoms with E-state index in [2.05, 4.69) is 25.5 Å². The highest BCUT2D eigenvalue weighted by Gasteiger charge is 2.14. The molecule has 0 aliphatic carbocycles. The molecule has 9 nitrogen and oxygen atoms in total. The number of rotatable bonds is 9. The molecule has 0 radical (unpaired) electrons. The standard InChI is InChI=1S/C31H30ClN7O2/c1-38-29-9-7-23(41-24-10-12-34-28(19-24)30(40)35-13-16-39-14-2-3-15-39)18-27(29)37-31(38)36-22-6-8-26(32)25(17-22)21-5-4-11-33-20-21/h4-12,17-20H,2-3,13-16H2,1H3,(H,35,40)(H,36,37). The highest BCUT2D eigenvalue weighted by molar-refractivity contribution is 6.33. The van der Waals surface area contributed by atoms with E-state index in [1.165, 1.54) is 12.8 Å². The summed E-state index contributed by atoms with van der Waals surface area (Å²) >= 11 is 6.47. The van der Waals surface area contributed by atoms with Gasteiger partial charge in [-0.2, -0.15) is 0 Å². The summed E-state index contributed by atoms with van der Waals surface area (Å²) in [6.45, 7) is 3.65. The van der Waals surface area contributed by atoms with Crippen molar-refractivity contribution in [3.8, 4) is 22.6 Å². The van der Waals surface area contributed by atoms with Crippen molar-refractivity contribution in [2.75, 3.05) is 31.5 Å². The van der Waals surface area contributed by atoms with Crippen LogP contribution in [0.25, 0.3) is 22.2 Å². The van der Waals surface area contributed by atoms with Crippen molar-refractivity contribution >= 4 is 40.2 Å². The number of nitrogens with one attached hydrogen (secondary N) is 2. The first-order valence-electron chi connectivity index (χ1n) is 13.6. The molecule has 6 rings (SSSR count). The average molecular weight is 568 g/mol. The van der Waals surface area contributed by atoms with Gasteiger partial charge in [-0.15, -0.1) is 0 Å². The van der Waals surface area contributed by atoms with E-state index < -0.39 is 0 Å². The zero-order chi connectivity index (χ0) is 28.2. The number of anilines is 2. The van der Waals surface area contributed by atoms with Crippen molar-refractivity contribution in [1.82, 2.24) is 29.7 Å². The van der Waals surface area contributed by atoms with Crippen molar-refractivity contribution in [3.05, 3.63) is 90.0 Å². The molecule has 0 unspecified atom stereocenters. The molecule has 3 aromatic heterocycles. The summed E-state index contributed by atoms with van der Waals surface area (Å²) in [6, 6.07) is 18.7. The SMILES string of the molecule is Cn1c(Nc2ccc(Cl)c(-c3cccnc3)c2)nc2cc(Oc3ccnc(C(=O)NCCN4CCCC4)c3)ccc21. The number of aryl methyl sites for hydroxylation is 1. The molecule has 0 saturated carbocycles. The smallest absolute Gasteiger partial charge is 0.270 e. The fourth-order valence-corrected chi connectivity index (χ4v) is 5.22. The number of benzene rings is 2. The third-order valence-electron chi connectivity index (χ3n) is 7.16. The van der Waals surface area contributed by atoms with Crippen LogP contribution in [-0.4, -0.2) is 56.5 Å². The number of halogens is 1. The summed E-state index contributed by atoms with van der Waals surface area (Å²) < 4.78 is 8.07. The van der Waals surface area contributed by atoms with Gasteiger partial charge in [-0.05, 0) is 68.4 Å². The van der Waals surface area contributed by atoms with Gasteiger partial charge in [0.15, 0.2) is 0 Å². The van der Waals surface area contributed by atoms with Gasteiger partial charge in [0.1, 0.15) is 17.2 Å². The maximum atomic E-state index is 12.6. The van der Waals surface area contributed by atoms with Crippen LogP contribution in [0.5, 0.6) is 11.5 Å². The molecule has 208 valence electrons. The van der Waals surface area contributed by atoms with Gasteiger partial charge in [0, 0.05) is 72.7 Å². The van der Waals surface area contributed by atoms with E-state index in [9.17, 15) is 4.79 Å². The number of likely N-dealkylation sites (tertiary alicyclic amines) is 1. The Morgan fingerprint density at radius 3 is 2.71 bits per heavy atom. The van der Waals surface area contributed by atoms with Gasteiger partial charge in [-0.1, -0.05) is 17.7 Å². The zero-order valence-electron chi connectivity index (χ0n) is 22.7. The maximum Gasteiger partial charge on any atom is 0.270 e. The second kappa shape index (κ2) is 12.0. The number of imidazole rings is 1. The lowest BCUT2D eigenvalue weighted by Crippen LogP contribution is -2.33. The molecule has 1 saturated heterocycles. The zero-order valence-corrected chi connectivity index (χ0v) is 23.4. The summed E-state index contributed by atoms with van der Waals surface area (Å²) in [4.78, 5) is 28.2. The molecule has 4 heterocycles. The normalized spacial score (nSPS) is 13.4. The molecule has 2 N–H and O–H groups in total. The molecule has 5 aromatic rings. The van der Waals surface area contributed by atoms with Crippen LogP contribution in [0.4, 0.5) is 11.6 Å². The largest absolute Gasteiger partial charge is 0.457 e. The molecule has 2 aromatic carbocycles. The molecule has 1 fully saturated rings. The van der Waals surface area contributed by atoms with Crippen molar-refractivity contribution in [1.29, 1.82) is 0 Å². The van der Waals surface area contributed by atoms with Gasteiger partial charge < -0.3 is 24.8 Å². The topological polar surface area (TPSA) is 97.2 Å². The Hall–Kier alpha value is -4.47. The highest BCUT2D eigenvalue weighted by Crippen LogP contribution is 2.32. The minimum Gasteiger partial charge on any atom is -0.457 e. The van der Waals surface area contributed by atoms with Crippen molar-refractivity contribution in [2.24, 2.45) is 7.05 Å². The Kier molecular flexibility index (Phi) is 7.80. The van der Waals surface area contributed by atoms with Crippen LogP contribution >= 0.6 is 11.6 Å². The molecule has 10 heteroatoms. The van der Waals surface area contributed by atoms with Gasteiger partial charge >= 0.3 is 0 Å². The Bertz CT molecular complexity index is 1680. The van der Waals surface area contributed by atoms with Crippen LogP contribution in [0, 0.1) is 0 Å². The van der Waals surface area contributed by atoms with E-state index >= 15 is 0 Å². The molecule has 1 amide bonds. The van der Waals surface area contributed by atoms with Crippen molar-refractivity contribution < 1.29 is 9.53 Å². The Morgan fingerprint density at radius 2 is 1.88 bits per heavy atom. The fraction of sp³-hybridized carbons (Fsp3) is 0.226. The average Bonchev–Trinajstić information content (AvgIpc) is 3.62. The van der Waals surface area contributed by atoms with Crippen LogP contribution in [0.2, 0.25) is 5.02 Å². The maximum absolute atomic E-state index is 12.6. The minimum atomic E-state index is -0.209. The number of fused-ring (bicyclic) bond motifs is 1. The van der Waals surface area contributed by atoms with Gasteiger partial charge in [0.05, 0.1) is 11.0 Å². The van der Waals surface area contributed by atoms with Gasteiger partial charge in [-0.25, -0.2) is 4.98 Å². The molecular weight excluding hydrogens is 538 g/mol. The lowest BCUT2D eigenvalue weighted by Gasteiger charge is -2.14. The molecule has 0 atom stereocenters. The Balaban J connectivity index is 1.15. The number of nitrogens with zero attached hydrogens (tertiary/aromatic N) is 5. The number of aromatic nitrogens is 4. The monoisotopic (exact) mass is 567 g/mol. The van der Waals surface area contributed by atoms with Crippen LogP contribution in [0.3, 0.4) is 0 Å². The van der Waals surface area contributed by atoms with E-state index in [0.717, 1.165) is 47.5 Å². The van der Waals surface area contributed by atoms with Crippen LogP contribution in [0.15, 0.2) is 79.3 Å². The van der Waals surface area contributed by atoms with Gasteiger partial charge in [0.25, 0.3) is 5.91 Å². The first-order chi connectivity index (χ1) is 20.0. The summed E-state index contributed by atoms with van der Waals surface area (Å²) in [5.74, 6) is 1.61.